The van der Waals surface area contributed by atoms with Crippen LogP contribution in [0.15, 0.2) is 42.5 Å². The average Bonchev–Trinajstić information content (AvgIpc) is 2.40. The SMILES string of the molecule is Cc1cccc(C(C)C)c1NC(=O)Cc1cccc(Cl)c1. The first-order valence-corrected chi connectivity index (χ1v) is 7.49. The fourth-order valence-electron chi connectivity index (χ4n) is 2.36. The van der Waals surface area contributed by atoms with Crippen molar-refractivity contribution in [1.82, 2.24) is 0 Å². The number of nitrogens with one attached hydrogen (secondary N) is 1. The van der Waals surface area contributed by atoms with E-state index in [1.54, 1.807) is 6.07 Å². The van der Waals surface area contributed by atoms with Gasteiger partial charge in [0.15, 0.2) is 0 Å². The predicted octanol–water partition coefficient (Wildman–Crippen LogP) is 4.95. The summed E-state index contributed by atoms with van der Waals surface area (Å²) in [6, 6.07) is 13.5. The van der Waals surface area contributed by atoms with Crippen LogP contribution in [0.4, 0.5) is 5.69 Å². The molecule has 2 aromatic rings. The second-order valence-corrected chi connectivity index (χ2v) is 5.99. The summed E-state index contributed by atoms with van der Waals surface area (Å²) in [5.41, 5.74) is 4.09. The molecular weight excluding hydrogens is 282 g/mol. The van der Waals surface area contributed by atoms with Gasteiger partial charge in [-0.25, -0.2) is 0 Å². The Labute approximate surface area is 131 Å². The van der Waals surface area contributed by atoms with Gasteiger partial charge in [-0.3, -0.25) is 4.79 Å². The quantitative estimate of drug-likeness (QED) is 0.850. The lowest BCUT2D eigenvalue weighted by molar-refractivity contribution is -0.115. The molecule has 1 N–H and O–H groups in total. The first kappa shape index (κ1) is 15.6. The largest absolute Gasteiger partial charge is 0.325 e. The maximum absolute atomic E-state index is 12.3. The maximum atomic E-state index is 12.3. The molecule has 0 radical (unpaired) electrons. The Kier molecular flexibility index (Phi) is 5.03. The van der Waals surface area contributed by atoms with Gasteiger partial charge in [-0.05, 0) is 41.7 Å². The van der Waals surface area contributed by atoms with Gasteiger partial charge in [0.25, 0.3) is 0 Å². The Morgan fingerprint density at radius 3 is 2.57 bits per heavy atom. The van der Waals surface area contributed by atoms with Gasteiger partial charge in [0, 0.05) is 10.7 Å². The summed E-state index contributed by atoms with van der Waals surface area (Å²) >= 11 is 5.95. The second kappa shape index (κ2) is 6.77. The Bertz CT molecular complexity index is 649. The van der Waals surface area contributed by atoms with Gasteiger partial charge < -0.3 is 5.32 Å². The normalized spacial score (nSPS) is 10.7. The van der Waals surface area contributed by atoms with Crippen LogP contribution in [0.25, 0.3) is 0 Å². The summed E-state index contributed by atoms with van der Waals surface area (Å²) in [7, 11) is 0. The number of hydrogen-bond donors (Lipinski definition) is 1. The number of para-hydroxylation sites is 1. The molecule has 0 spiro atoms. The van der Waals surface area contributed by atoms with E-state index in [-0.39, 0.29) is 5.91 Å². The van der Waals surface area contributed by atoms with E-state index in [1.807, 2.05) is 37.3 Å². The van der Waals surface area contributed by atoms with Crippen molar-refractivity contribution in [1.29, 1.82) is 0 Å². The summed E-state index contributed by atoms with van der Waals surface area (Å²) in [6.07, 6.45) is 0.326. The van der Waals surface area contributed by atoms with Crippen molar-refractivity contribution >= 4 is 23.2 Å². The van der Waals surface area contributed by atoms with Crippen LogP contribution in [0.5, 0.6) is 0 Å². The third-order valence-electron chi connectivity index (χ3n) is 3.45. The molecule has 0 aromatic heterocycles. The highest BCUT2D eigenvalue weighted by Crippen LogP contribution is 2.27. The molecule has 0 heterocycles. The molecule has 1 amide bonds. The highest BCUT2D eigenvalue weighted by atomic mass is 35.5. The number of anilines is 1. The molecule has 2 nitrogen and oxygen atoms in total. The smallest absolute Gasteiger partial charge is 0.228 e. The van der Waals surface area contributed by atoms with Gasteiger partial charge in [0.05, 0.1) is 6.42 Å². The lowest BCUT2D eigenvalue weighted by Crippen LogP contribution is -2.16. The molecule has 2 aromatic carbocycles. The van der Waals surface area contributed by atoms with Crippen LogP contribution in [0.2, 0.25) is 5.02 Å². The molecule has 0 aliphatic heterocycles. The highest BCUT2D eigenvalue weighted by Gasteiger charge is 2.12. The molecule has 110 valence electrons. The van der Waals surface area contributed by atoms with Crippen LogP contribution < -0.4 is 5.32 Å². The number of carbonyl (C=O) groups is 1. The van der Waals surface area contributed by atoms with E-state index in [0.29, 0.717) is 17.4 Å². The molecule has 2 rings (SSSR count). The molecule has 0 fully saturated rings. The molecular formula is C18H20ClNO. The minimum Gasteiger partial charge on any atom is -0.325 e. The summed E-state index contributed by atoms with van der Waals surface area (Å²) in [5.74, 6) is 0.347. The van der Waals surface area contributed by atoms with Crippen LogP contribution in [0.1, 0.15) is 36.5 Å². The summed E-state index contributed by atoms with van der Waals surface area (Å²) in [6.45, 7) is 6.27. The number of aryl methyl sites for hydroxylation is 1. The van der Waals surface area contributed by atoms with Crippen LogP contribution in [0, 0.1) is 6.92 Å². The zero-order valence-electron chi connectivity index (χ0n) is 12.6. The number of halogens is 1. The van der Waals surface area contributed by atoms with Crippen molar-refractivity contribution in [3.05, 3.63) is 64.2 Å². The monoisotopic (exact) mass is 301 g/mol. The Hall–Kier alpha value is -1.80. The molecule has 0 saturated carbocycles. The number of amides is 1. The standard InChI is InChI=1S/C18H20ClNO/c1-12(2)16-9-4-6-13(3)18(16)20-17(21)11-14-7-5-8-15(19)10-14/h4-10,12H,11H2,1-3H3,(H,20,21). The summed E-state index contributed by atoms with van der Waals surface area (Å²) in [5, 5.41) is 3.70. The second-order valence-electron chi connectivity index (χ2n) is 5.55. The van der Waals surface area contributed by atoms with Gasteiger partial charge in [0.2, 0.25) is 5.91 Å². The van der Waals surface area contributed by atoms with E-state index in [1.165, 1.54) is 0 Å². The van der Waals surface area contributed by atoms with Crippen molar-refractivity contribution in [3.8, 4) is 0 Å². The molecule has 0 aliphatic carbocycles. The minimum atomic E-state index is -0.0199. The first-order valence-electron chi connectivity index (χ1n) is 7.11. The van der Waals surface area contributed by atoms with Crippen LogP contribution >= 0.6 is 11.6 Å². The lowest BCUT2D eigenvalue weighted by Gasteiger charge is -2.16. The van der Waals surface area contributed by atoms with Gasteiger partial charge in [-0.15, -0.1) is 0 Å². The molecule has 3 heteroatoms. The van der Waals surface area contributed by atoms with Gasteiger partial charge in [-0.2, -0.15) is 0 Å². The zero-order valence-corrected chi connectivity index (χ0v) is 13.4. The van der Waals surface area contributed by atoms with E-state index in [2.05, 4.69) is 25.2 Å². The fourth-order valence-corrected chi connectivity index (χ4v) is 2.57. The van der Waals surface area contributed by atoms with Crippen molar-refractivity contribution in [2.45, 2.75) is 33.1 Å². The summed E-state index contributed by atoms with van der Waals surface area (Å²) in [4.78, 5) is 12.3. The number of carbonyl (C=O) groups excluding carboxylic acids is 1. The first-order chi connectivity index (χ1) is 9.97. The Morgan fingerprint density at radius 2 is 1.90 bits per heavy atom. The number of hydrogen-bond acceptors (Lipinski definition) is 1. The topological polar surface area (TPSA) is 29.1 Å². The van der Waals surface area contributed by atoms with Gasteiger partial charge in [-0.1, -0.05) is 55.8 Å². The van der Waals surface area contributed by atoms with E-state index >= 15 is 0 Å². The predicted molar refractivity (Wildman–Crippen MR) is 89.1 cm³/mol. The van der Waals surface area contributed by atoms with E-state index in [0.717, 1.165) is 22.4 Å². The molecule has 0 aliphatic rings. The Morgan fingerprint density at radius 1 is 1.19 bits per heavy atom. The zero-order chi connectivity index (χ0) is 15.4. The minimum absolute atomic E-state index is 0.0199. The van der Waals surface area contributed by atoms with E-state index < -0.39 is 0 Å². The van der Waals surface area contributed by atoms with Crippen LogP contribution in [0.3, 0.4) is 0 Å². The molecule has 0 unspecified atom stereocenters. The van der Waals surface area contributed by atoms with Crippen molar-refractivity contribution in [2.24, 2.45) is 0 Å². The van der Waals surface area contributed by atoms with Crippen LogP contribution in [-0.4, -0.2) is 5.91 Å². The Balaban J connectivity index is 2.17. The summed E-state index contributed by atoms with van der Waals surface area (Å²) < 4.78 is 0. The van der Waals surface area contributed by atoms with Gasteiger partial charge >= 0.3 is 0 Å². The van der Waals surface area contributed by atoms with Crippen molar-refractivity contribution in [2.75, 3.05) is 5.32 Å². The van der Waals surface area contributed by atoms with Crippen molar-refractivity contribution < 1.29 is 4.79 Å². The third-order valence-corrected chi connectivity index (χ3v) is 3.68. The highest BCUT2D eigenvalue weighted by molar-refractivity contribution is 6.30. The number of rotatable bonds is 4. The van der Waals surface area contributed by atoms with Crippen LogP contribution in [-0.2, 0) is 11.2 Å². The molecule has 0 atom stereocenters. The fraction of sp³-hybridized carbons (Fsp3) is 0.278. The van der Waals surface area contributed by atoms with E-state index in [4.69, 9.17) is 11.6 Å². The molecule has 21 heavy (non-hydrogen) atoms. The van der Waals surface area contributed by atoms with E-state index in [9.17, 15) is 4.79 Å². The van der Waals surface area contributed by atoms with Crippen molar-refractivity contribution in [3.63, 3.8) is 0 Å². The lowest BCUT2D eigenvalue weighted by atomic mass is 9.98. The van der Waals surface area contributed by atoms with Gasteiger partial charge in [0.1, 0.15) is 0 Å². The molecule has 0 bridgehead atoms. The molecule has 0 saturated heterocycles. The average molecular weight is 302 g/mol. The number of benzene rings is 2. The third kappa shape index (κ3) is 4.08. The maximum Gasteiger partial charge on any atom is 0.228 e.